The first-order valence-corrected chi connectivity index (χ1v) is 17.5. The highest BCUT2D eigenvalue weighted by molar-refractivity contribution is 9.10. The molecule has 1 unspecified atom stereocenters. The van der Waals surface area contributed by atoms with Crippen LogP contribution in [0.15, 0.2) is 58.1 Å². The summed E-state index contributed by atoms with van der Waals surface area (Å²) in [6, 6.07) is 6.41. The van der Waals surface area contributed by atoms with Crippen LogP contribution in [0.4, 0.5) is 10.2 Å². The van der Waals surface area contributed by atoms with E-state index in [2.05, 4.69) is 80.8 Å². The number of aryl methyl sites for hydroxylation is 1. The summed E-state index contributed by atoms with van der Waals surface area (Å²) in [4.78, 5) is 8.88. The van der Waals surface area contributed by atoms with Gasteiger partial charge in [-0.05, 0) is 81.2 Å². The summed E-state index contributed by atoms with van der Waals surface area (Å²) in [5, 5.41) is 4.41. The topological polar surface area (TPSA) is 93.0 Å². The van der Waals surface area contributed by atoms with Crippen molar-refractivity contribution in [2.75, 3.05) is 12.3 Å². The van der Waals surface area contributed by atoms with Crippen molar-refractivity contribution in [3.63, 3.8) is 0 Å². The zero-order valence-electron chi connectivity index (χ0n) is 23.6. The minimum atomic E-state index is -2.17. The second kappa shape index (κ2) is 12.1. The lowest BCUT2D eigenvalue weighted by Crippen LogP contribution is -2.42. The molecule has 0 saturated carbocycles. The van der Waals surface area contributed by atoms with Gasteiger partial charge in [0, 0.05) is 46.3 Å². The van der Waals surface area contributed by atoms with Crippen LogP contribution in [0.2, 0.25) is 18.1 Å². The molecule has 3 heterocycles. The van der Waals surface area contributed by atoms with Gasteiger partial charge in [0.2, 0.25) is 0 Å². The van der Waals surface area contributed by atoms with Crippen LogP contribution in [0, 0.1) is 5.82 Å². The third-order valence-corrected chi connectivity index (χ3v) is 13.2. The molecule has 1 atom stereocenters. The predicted octanol–water partition coefficient (Wildman–Crippen LogP) is 7.60. The van der Waals surface area contributed by atoms with E-state index in [4.69, 9.17) is 14.9 Å². The second-order valence-corrected chi connectivity index (χ2v) is 17.6. The molecule has 214 valence electrons. The fourth-order valence-electron chi connectivity index (χ4n) is 3.97. The van der Waals surface area contributed by atoms with E-state index in [-0.39, 0.29) is 23.3 Å². The van der Waals surface area contributed by atoms with Crippen LogP contribution in [0.25, 0.3) is 11.4 Å². The number of benzene rings is 1. The van der Waals surface area contributed by atoms with Gasteiger partial charge in [0.15, 0.2) is 19.9 Å². The second-order valence-electron chi connectivity index (χ2n) is 11.1. The number of hydrogen-bond acceptors (Lipinski definition) is 6. The molecule has 40 heavy (non-hydrogen) atoms. The van der Waals surface area contributed by atoms with E-state index in [9.17, 15) is 4.39 Å². The maximum Gasteiger partial charge on any atom is 0.192 e. The number of imidazole rings is 1. The van der Waals surface area contributed by atoms with Crippen molar-refractivity contribution in [3.05, 3.63) is 75.1 Å². The Balaban J connectivity index is 1.78. The first kappa shape index (κ1) is 30.4. The zero-order chi connectivity index (χ0) is 29.2. The average Bonchev–Trinajstić information content (AvgIpc) is 3.49. The maximum absolute atomic E-state index is 14.9. The predicted molar refractivity (Wildman–Crippen MR) is 165 cm³/mol. The van der Waals surface area contributed by atoms with Crippen molar-refractivity contribution in [1.82, 2.24) is 24.3 Å². The minimum Gasteiger partial charge on any atom is -0.479 e. The number of rotatable bonds is 10. The van der Waals surface area contributed by atoms with Crippen LogP contribution in [-0.2, 0) is 17.5 Å². The molecule has 8 nitrogen and oxygen atoms in total. The van der Waals surface area contributed by atoms with Crippen LogP contribution in [0.1, 0.15) is 44.9 Å². The van der Waals surface area contributed by atoms with Crippen molar-refractivity contribution in [2.24, 2.45) is 0 Å². The van der Waals surface area contributed by atoms with Gasteiger partial charge in [0.05, 0.1) is 19.3 Å². The lowest BCUT2D eigenvalue weighted by molar-refractivity contribution is 0.121. The van der Waals surface area contributed by atoms with Crippen molar-refractivity contribution >= 4 is 46.0 Å². The molecule has 12 heteroatoms. The van der Waals surface area contributed by atoms with Gasteiger partial charge in [-0.1, -0.05) is 20.8 Å². The van der Waals surface area contributed by atoms with Crippen molar-refractivity contribution in [3.8, 4) is 17.1 Å². The SMILES string of the molecule is CCn1ncc(Cn2ccnc2-c2ccc(F)cc2C(CO[Si](C)(C)C(C)(C)C)Oc2cc(Br)cnc2N)c1Br. The molecule has 0 radical (unpaired) electrons. The smallest absolute Gasteiger partial charge is 0.192 e. The Hall–Kier alpha value is -2.54. The van der Waals surface area contributed by atoms with E-state index in [1.54, 1.807) is 24.5 Å². The van der Waals surface area contributed by atoms with E-state index < -0.39 is 14.4 Å². The molecule has 0 aliphatic rings. The van der Waals surface area contributed by atoms with Crippen LogP contribution in [0.5, 0.6) is 5.75 Å². The van der Waals surface area contributed by atoms with Gasteiger partial charge < -0.3 is 19.5 Å². The Morgan fingerprint density at radius 3 is 2.55 bits per heavy atom. The normalized spacial score (nSPS) is 13.0. The molecule has 0 saturated heterocycles. The standard InChI is InChI=1S/C28H35Br2FN6O2Si/c1-7-37-25(30)18(14-35-37)16-36-11-10-33-27(36)21-9-8-20(31)13-22(21)24(17-38-40(5,6)28(2,3)4)39-23-12-19(29)15-34-26(23)32/h8-15,24H,7,16-17H2,1-6H3,(H2,32,34). The number of nitrogens with two attached hydrogens (primary N) is 1. The summed E-state index contributed by atoms with van der Waals surface area (Å²) >= 11 is 7.10. The van der Waals surface area contributed by atoms with E-state index in [0.717, 1.165) is 22.3 Å². The molecule has 0 bridgehead atoms. The fraction of sp³-hybridized carbons (Fsp3) is 0.393. The Morgan fingerprint density at radius 2 is 1.88 bits per heavy atom. The first-order valence-electron chi connectivity index (χ1n) is 13.0. The molecule has 0 aliphatic carbocycles. The zero-order valence-corrected chi connectivity index (χ0v) is 27.8. The third-order valence-electron chi connectivity index (χ3n) is 7.32. The average molecular weight is 695 g/mol. The van der Waals surface area contributed by atoms with Gasteiger partial charge in [0.25, 0.3) is 0 Å². The highest BCUT2D eigenvalue weighted by Crippen LogP contribution is 2.39. The van der Waals surface area contributed by atoms with E-state index in [1.165, 1.54) is 12.1 Å². The van der Waals surface area contributed by atoms with E-state index in [1.807, 2.05) is 28.6 Å². The van der Waals surface area contributed by atoms with E-state index in [0.29, 0.717) is 28.2 Å². The Kier molecular flexibility index (Phi) is 9.23. The number of aromatic nitrogens is 5. The molecular formula is C28H35Br2FN6O2Si. The molecule has 1 aromatic carbocycles. The third kappa shape index (κ3) is 6.67. The monoisotopic (exact) mass is 692 g/mol. The number of ether oxygens (including phenoxy) is 1. The number of pyridine rings is 1. The maximum atomic E-state index is 14.9. The molecule has 0 aliphatic heterocycles. The Bertz CT molecular complexity index is 1480. The highest BCUT2D eigenvalue weighted by Gasteiger charge is 2.38. The summed E-state index contributed by atoms with van der Waals surface area (Å²) < 4.78 is 33.4. The highest BCUT2D eigenvalue weighted by atomic mass is 79.9. The van der Waals surface area contributed by atoms with E-state index >= 15 is 0 Å². The van der Waals surface area contributed by atoms with Crippen molar-refractivity contribution in [2.45, 2.75) is 65.0 Å². The van der Waals surface area contributed by atoms with Crippen LogP contribution in [0.3, 0.4) is 0 Å². The summed E-state index contributed by atoms with van der Waals surface area (Å²) in [5.41, 5.74) is 8.52. The summed E-state index contributed by atoms with van der Waals surface area (Å²) in [5.74, 6) is 0.905. The number of halogens is 3. The largest absolute Gasteiger partial charge is 0.479 e. The summed E-state index contributed by atoms with van der Waals surface area (Å²) in [6.07, 6.45) is 6.39. The van der Waals surface area contributed by atoms with Gasteiger partial charge in [-0.3, -0.25) is 4.68 Å². The summed E-state index contributed by atoms with van der Waals surface area (Å²) in [6.45, 7) is 14.4. The quantitative estimate of drug-likeness (QED) is 0.172. The van der Waals surface area contributed by atoms with Gasteiger partial charge in [-0.15, -0.1) is 0 Å². The van der Waals surface area contributed by atoms with Crippen LogP contribution in [-0.4, -0.2) is 39.2 Å². The number of nitrogens with zero attached hydrogens (tertiary/aromatic N) is 5. The molecular weight excluding hydrogens is 659 g/mol. The first-order chi connectivity index (χ1) is 18.8. The lowest BCUT2D eigenvalue weighted by atomic mass is 10.0. The number of nitrogen functional groups attached to an aromatic ring is 1. The molecule has 0 amide bonds. The van der Waals surface area contributed by atoms with Gasteiger partial charge in [-0.2, -0.15) is 5.10 Å². The molecule has 3 aromatic heterocycles. The number of hydrogen-bond donors (Lipinski definition) is 1. The molecule has 4 rings (SSSR count). The number of anilines is 1. The Labute approximate surface area is 252 Å². The lowest BCUT2D eigenvalue weighted by Gasteiger charge is -2.37. The Morgan fingerprint density at radius 1 is 1.12 bits per heavy atom. The fourth-order valence-corrected chi connectivity index (χ4v) is 5.85. The molecule has 4 aromatic rings. The van der Waals surface area contributed by atoms with Gasteiger partial charge in [0.1, 0.15) is 22.3 Å². The van der Waals surface area contributed by atoms with Crippen molar-refractivity contribution in [1.29, 1.82) is 0 Å². The van der Waals surface area contributed by atoms with Crippen LogP contribution < -0.4 is 10.5 Å². The molecule has 0 spiro atoms. The van der Waals surface area contributed by atoms with Gasteiger partial charge >= 0.3 is 0 Å². The summed E-state index contributed by atoms with van der Waals surface area (Å²) in [7, 11) is -2.17. The molecule has 2 N–H and O–H groups in total. The van der Waals surface area contributed by atoms with Crippen LogP contribution >= 0.6 is 31.9 Å². The molecule has 0 fully saturated rings. The minimum absolute atomic E-state index is 0.0226. The van der Waals surface area contributed by atoms with Crippen molar-refractivity contribution < 1.29 is 13.6 Å². The van der Waals surface area contributed by atoms with Gasteiger partial charge in [-0.25, -0.2) is 14.4 Å².